The van der Waals surface area contributed by atoms with Gasteiger partial charge in [-0.2, -0.15) is 0 Å². The molecule has 1 saturated carbocycles. The molecular weight excluding hydrogens is 458 g/mol. The van der Waals surface area contributed by atoms with Crippen LogP contribution >= 0.6 is 0 Å². The second-order valence-electron chi connectivity index (χ2n) is 9.03. The summed E-state index contributed by atoms with van der Waals surface area (Å²) in [7, 11) is 1.85. The van der Waals surface area contributed by atoms with Crippen LogP contribution in [0.15, 0.2) is 60.1 Å². The summed E-state index contributed by atoms with van der Waals surface area (Å²) in [4.78, 5) is 37.9. The lowest BCUT2D eigenvalue weighted by Crippen LogP contribution is -2.42. The minimum Gasteiger partial charge on any atom is -0.463 e. The fourth-order valence-corrected chi connectivity index (χ4v) is 4.69. The predicted octanol–water partition coefficient (Wildman–Crippen LogP) is 3.56. The van der Waals surface area contributed by atoms with Gasteiger partial charge in [-0.15, -0.1) is 0 Å². The van der Waals surface area contributed by atoms with E-state index in [0.29, 0.717) is 28.8 Å². The number of rotatable bonds is 6. The number of carbonyl (C=O) groups excluding carboxylic acids is 1. The number of hydrogen-bond acceptors (Lipinski definition) is 8. The molecule has 2 atom stereocenters. The van der Waals surface area contributed by atoms with Gasteiger partial charge in [-0.3, -0.25) is 4.79 Å². The van der Waals surface area contributed by atoms with E-state index in [-0.39, 0.29) is 18.0 Å². The lowest BCUT2D eigenvalue weighted by molar-refractivity contribution is 0.0921. The number of imidazole rings is 1. The first-order valence-electron chi connectivity index (χ1n) is 11.9. The fraction of sp³-hybridized carbons (Fsp3) is 0.280. The van der Waals surface area contributed by atoms with E-state index >= 15 is 0 Å². The Morgan fingerprint density at radius 1 is 1.22 bits per heavy atom. The molecule has 5 aromatic rings. The van der Waals surface area contributed by atoms with Crippen LogP contribution in [0.1, 0.15) is 36.2 Å². The van der Waals surface area contributed by atoms with Crippen LogP contribution in [0.5, 0.6) is 0 Å². The van der Waals surface area contributed by atoms with Crippen LogP contribution in [-0.4, -0.2) is 52.5 Å². The standard InChI is InChI=1S/C25H25N9O2/c1-34-12-20(29-14-34)25(35)31-16-5-2-4-15(8-16)30-22-9-19(21-6-3-7-36-21)32-24(33-22)18-11-27-23-17(18)10-26-13-28-23/h3,6-7,9-16H,2,4-5,8H2,1H3,(H,31,35)(H,26,27,28)(H,30,32,33)/t15-,16+/m1/s1. The molecule has 1 amide bonds. The molecule has 1 fully saturated rings. The summed E-state index contributed by atoms with van der Waals surface area (Å²) in [6.45, 7) is 0. The summed E-state index contributed by atoms with van der Waals surface area (Å²) in [6, 6.07) is 5.80. The molecule has 5 heterocycles. The van der Waals surface area contributed by atoms with E-state index in [1.54, 1.807) is 29.6 Å². The second kappa shape index (κ2) is 9.25. The van der Waals surface area contributed by atoms with Crippen molar-refractivity contribution in [3.05, 3.63) is 61.4 Å². The van der Waals surface area contributed by atoms with Crippen LogP contribution in [0.4, 0.5) is 5.82 Å². The Hall–Kier alpha value is -4.54. The van der Waals surface area contributed by atoms with Gasteiger partial charge in [0, 0.05) is 54.7 Å². The smallest absolute Gasteiger partial charge is 0.271 e. The minimum atomic E-state index is -0.146. The largest absolute Gasteiger partial charge is 0.463 e. The minimum absolute atomic E-state index is 0.0578. The quantitative estimate of drug-likeness (QED) is 0.333. The first-order valence-corrected chi connectivity index (χ1v) is 11.9. The molecule has 0 unspecified atom stereocenters. The number of hydrogen-bond donors (Lipinski definition) is 3. The molecule has 0 saturated heterocycles. The van der Waals surface area contributed by atoms with Gasteiger partial charge in [0.2, 0.25) is 0 Å². The Morgan fingerprint density at radius 2 is 2.14 bits per heavy atom. The van der Waals surface area contributed by atoms with Crippen LogP contribution in [-0.2, 0) is 7.05 Å². The predicted molar refractivity (Wildman–Crippen MR) is 133 cm³/mol. The zero-order valence-electron chi connectivity index (χ0n) is 19.7. The second-order valence-corrected chi connectivity index (χ2v) is 9.03. The monoisotopic (exact) mass is 483 g/mol. The van der Waals surface area contributed by atoms with Crippen molar-refractivity contribution in [3.63, 3.8) is 0 Å². The van der Waals surface area contributed by atoms with E-state index in [1.165, 1.54) is 6.33 Å². The van der Waals surface area contributed by atoms with Crippen LogP contribution in [0.2, 0.25) is 0 Å². The summed E-state index contributed by atoms with van der Waals surface area (Å²) in [5, 5.41) is 7.55. The molecule has 6 rings (SSSR count). The van der Waals surface area contributed by atoms with Gasteiger partial charge in [-0.1, -0.05) is 0 Å². The third-order valence-corrected chi connectivity index (χ3v) is 6.40. The van der Waals surface area contributed by atoms with Gasteiger partial charge in [0.15, 0.2) is 11.6 Å². The Bertz CT molecular complexity index is 1510. The number of aromatic nitrogens is 7. The van der Waals surface area contributed by atoms with Gasteiger partial charge in [-0.25, -0.2) is 24.9 Å². The van der Waals surface area contributed by atoms with Gasteiger partial charge in [0.25, 0.3) is 5.91 Å². The molecule has 182 valence electrons. The highest BCUT2D eigenvalue weighted by atomic mass is 16.3. The van der Waals surface area contributed by atoms with E-state index in [1.807, 2.05) is 31.4 Å². The molecule has 0 aromatic carbocycles. The van der Waals surface area contributed by atoms with Crippen LogP contribution < -0.4 is 10.6 Å². The zero-order chi connectivity index (χ0) is 24.5. The number of H-pyrrole nitrogens is 1. The number of aryl methyl sites for hydroxylation is 1. The molecule has 0 spiro atoms. The molecule has 36 heavy (non-hydrogen) atoms. The Kier molecular flexibility index (Phi) is 5.64. The van der Waals surface area contributed by atoms with Crippen LogP contribution in [0.25, 0.3) is 33.9 Å². The van der Waals surface area contributed by atoms with E-state index < -0.39 is 0 Å². The zero-order valence-corrected chi connectivity index (χ0v) is 19.7. The number of anilines is 1. The maximum atomic E-state index is 12.6. The summed E-state index contributed by atoms with van der Waals surface area (Å²) < 4.78 is 7.39. The normalized spacial score (nSPS) is 17.8. The Labute approximate surface area is 206 Å². The van der Waals surface area contributed by atoms with Crippen molar-refractivity contribution in [1.29, 1.82) is 0 Å². The Morgan fingerprint density at radius 3 is 2.97 bits per heavy atom. The average molecular weight is 484 g/mol. The maximum absolute atomic E-state index is 12.6. The van der Waals surface area contributed by atoms with Crippen molar-refractivity contribution in [3.8, 4) is 22.8 Å². The van der Waals surface area contributed by atoms with E-state index in [9.17, 15) is 4.79 Å². The van der Waals surface area contributed by atoms with Crippen molar-refractivity contribution >= 4 is 22.8 Å². The molecule has 0 bridgehead atoms. The highest BCUT2D eigenvalue weighted by Gasteiger charge is 2.25. The topological polar surface area (TPSA) is 139 Å². The first-order chi connectivity index (χ1) is 17.6. The lowest BCUT2D eigenvalue weighted by Gasteiger charge is -2.30. The van der Waals surface area contributed by atoms with Crippen LogP contribution in [0.3, 0.4) is 0 Å². The Balaban J connectivity index is 1.25. The van der Waals surface area contributed by atoms with Crippen molar-refractivity contribution in [2.45, 2.75) is 37.8 Å². The molecule has 3 N–H and O–H groups in total. The summed E-state index contributed by atoms with van der Waals surface area (Å²) in [5.41, 5.74) is 2.64. The lowest BCUT2D eigenvalue weighted by atomic mass is 9.91. The van der Waals surface area contributed by atoms with Gasteiger partial charge < -0.3 is 24.6 Å². The van der Waals surface area contributed by atoms with Gasteiger partial charge >= 0.3 is 0 Å². The molecule has 11 nitrogen and oxygen atoms in total. The van der Waals surface area contributed by atoms with Crippen molar-refractivity contribution < 1.29 is 9.21 Å². The van der Waals surface area contributed by atoms with Gasteiger partial charge in [-0.05, 0) is 37.8 Å². The number of nitrogens with zero attached hydrogens (tertiary/aromatic N) is 6. The summed E-state index contributed by atoms with van der Waals surface area (Å²) in [5.74, 6) is 1.75. The number of aromatic amines is 1. The number of amides is 1. The van der Waals surface area contributed by atoms with E-state index in [4.69, 9.17) is 14.4 Å². The number of furan rings is 1. The molecule has 0 aliphatic heterocycles. The first kappa shape index (κ1) is 22.0. The van der Waals surface area contributed by atoms with E-state index in [0.717, 1.165) is 42.3 Å². The molecule has 5 aromatic heterocycles. The fourth-order valence-electron chi connectivity index (χ4n) is 4.69. The molecular formula is C25H25N9O2. The number of carbonyl (C=O) groups is 1. The molecule has 1 aliphatic rings. The van der Waals surface area contributed by atoms with Crippen molar-refractivity contribution in [2.75, 3.05) is 5.32 Å². The highest BCUT2D eigenvalue weighted by molar-refractivity contribution is 5.92. The summed E-state index contributed by atoms with van der Waals surface area (Å²) >= 11 is 0. The van der Waals surface area contributed by atoms with Crippen molar-refractivity contribution in [2.24, 2.45) is 7.05 Å². The van der Waals surface area contributed by atoms with E-state index in [2.05, 4.69) is 30.6 Å². The maximum Gasteiger partial charge on any atom is 0.271 e. The van der Waals surface area contributed by atoms with Gasteiger partial charge in [0.05, 0.1) is 12.6 Å². The number of nitrogens with one attached hydrogen (secondary N) is 3. The van der Waals surface area contributed by atoms with Gasteiger partial charge in [0.1, 0.15) is 29.2 Å². The average Bonchev–Trinajstić information content (AvgIpc) is 3.65. The molecule has 0 radical (unpaired) electrons. The van der Waals surface area contributed by atoms with Crippen LogP contribution in [0, 0.1) is 0 Å². The third-order valence-electron chi connectivity index (χ3n) is 6.40. The SMILES string of the molecule is Cn1cnc(C(=O)N[C@H]2CCC[C@@H](Nc3cc(-c4ccco4)nc(-c4c[nH]c5ncncc45)n3)C2)c1. The molecule has 1 aliphatic carbocycles. The van der Waals surface area contributed by atoms with Crippen molar-refractivity contribution in [1.82, 2.24) is 39.8 Å². The number of fused-ring (bicyclic) bond motifs is 1. The highest BCUT2D eigenvalue weighted by Crippen LogP contribution is 2.30. The summed E-state index contributed by atoms with van der Waals surface area (Å²) in [6.07, 6.45) is 13.8. The molecule has 11 heteroatoms. The third kappa shape index (κ3) is 4.42.